The molecule has 108 valence electrons. The summed E-state index contributed by atoms with van der Waals surface area (Å²) in [4.78, 5) is 11.5. The van der Waals surface area contributed by atoms with Crippen LogP contribution in [0.4, 0.5) is 4.39 Å². The molecular formula is C15H12BrFN2O2. The van der Waals surface area contributed by atoms with E-state index in [-0.39, 0.29) is 12.4 Å². The number of nitrogens with zero attached hydrogens (tertiary/aromatic N) is 1. The van der Waals surface area contributed by atoms with Crippen molar-refractivity contribution in [1.29, 1.82) is 0 Å². The highest BCUT2D eigenvalue weighted by Crippen LogP contribution is 2.14. The van der Waals surface area contributed by atoms with Crippen LogP contribution in [0.25, 0.3) is 0 Å². The van der Waals surface area contributed by atoms with E-state index in [1.807, 2.05) is 24.3 Å². The molecule has 0 bridgehead atoms. The second-order valence-electron chi connectivity index (χ2n) is 4.06. The fourth-order valence-electron chi connectivity index (χ4n) is 1.47. The summed E-state index contributed by atoms with van der Waals surface area (Å²) < 4.78 is 19.3. The average molecular weight is 351 g/mol. The molecule has 0 aliphatic rings. The van der Waals surface area contributed by atoms with Gasteiger partial charge in [0.05, 0.1) is 6.21 Å². The number of benzene rings is 2. The second-order valence-corrected chi connectivity index (χ2v) is 4.98. The summed E-state index contributed by atoms with van der Waals surface area (Å²) in [6.07, 6.45) is 1.51. The zero-order valence-electron chi connectivity index (χ0n) is 10.9. The molecule has 1 N–H and O–H groups in total. The summed E-state index contributed by atoms with van der Waals surface area (Å²) in [6.45, 7) is -0.307. The number of rotatable bonds is 5. The van der Waals surface area contributed by atoms with Gasteiger partial charge in [-0.3, -0.25) is 4.79 Å². The molecule has 0 atom stereocenters. The van der Waals surface area contributed by atoms with E-state index in [2.05, 4.69) is 26.5 Å². The number of hydrogen-bond acceptors (Lipinski definition) is 3. The predicted octanol–water partition coefficient (Wildman–Crippen LogP) is 3.12. The molecule has 2 aromatic rings. The Kier molecular flexibility index (Phi) is 5.45. The minimum Gasteiger partial charge on any atom is -0.481 e. The van der Waals surface area contributed by atoms with E-state index < -0.39 is 11.7 Å². The first-order valence-electron chi connectivity index (χ1n) is 6.10. The largest absolute Gasteiger partial charge is 0.481 e. The number of hydrogen-bond donors (Lipinski definition) is 1. The molecule has 2 rings (SSSR count). The van der Waals surface area contributed by atoms with Gasteiger partial charge >= 0.3 is 0 Å². The van der Waals surface area contributed by atoms with Gasteiger partial charge in [0.15, 0.2) is 18.2 Å². The second kappa shape index (κ2) is 7.54. The van der Waals surface area contributed by atoms with Gasteiger partial charge in [0.1, 0.15) is 0 Å². The van der Waals surface area contributed by atoms with Crippen molar-refractivity contribution in [2.75, 3.05) is 6.61 Å². The Balaban J connectivity index is 1.80. The molecule has 0 saturated carbocycles. The Labute approximate surface area is 129 Å². The normalized spacial score (nSPS) is 10.6. The summed E-state index contributed by atoms with van der Waals surface area (Å²) in [5.41, 5.74) is 3.15. The van der Waals surface area contributed by atoms with Crippen LogP contribution in [0.2, 0.25) is 0 Å². The Morgan fingerprint density at radius 1 is 1.24 bits per heavy atom. The summed E-state index contributed by atoms with van der Waals surface area (Å²) in [7, 11) is 0. The summed E-state index contributed by atoms with van der Waals surface area (Å²) in [5, 5.41) is 3.79. The van der Waals surface area contributed by atoms with Crippen LogP contribution >= 0.6 is 15.9 Å². The van der Waals surface area contributed by atoms with Crippen LogP contribution in [0.1, 0.15) is 5.56 Å². The van der Waals surface area contributed by atoms with Crippen molar-refractivity contribution in [3.8, 4) is 5.75 Å². The minimum atomic E-state index is -0.510. The van der Waals surface area contributed by atoms with Crippen LogP contribution in [0, 0.1) is 5.82 Å². The van der Waals surface area contributed by atoms with Gasteiger partial charge in [0.2, 0.25) is 0 Å². The Bertz CT molecular complexity index is 644. The van der Waals surface area contributed by atoms with Crippen molar-refractivity contribution < 1.29 is 13.9 Å². The maximum Gasteiger partial charge on any atom is 0.277 e. The smallest absolute Gasteiger partial charge is 0.277 e. The lowest BCUT2D eigenvalue weighted by molar-refractivity contribution is -0.123. The molecule has 0 heterocycles. The van der Waals surface area contributed by atoms with Crippen LogP contribution < -0.4 is 10.2 Å². The molecule has 0 aliphatic carbocycles. The average Bonchev–Trinajstić information content (AvgIpc) is 2.48. The molecule has 6 heteroatoms. The summed E-state index contributed by atoms with van der Waals surface area (Å²) >= 11 is 3.32. The van der Waals surface area contributed by atoms with Crippen LogP contribution in [0.3, 0.4) is 0 Å². The number of carbonyl (C=O) groups excluding carboxylic acids is 1. The number of para-hydroxylation sites is 1. The monoisotopic (exact) mass is 350 g/mol. The van der Waals surface area contributed by atoms with E-state index in [1.54, 1.807) is 12.1 Å². The van der Waals surface area contributed by atoms with Crippen molar-refractivity contribution in [1.82, 2.24) is 5.43 Å². The molecule has 4 nitrogen and oxygen atoms in total. The Morgan fingerprint density at radius 2 is 1.95 bits per heavy atom. The predicted molar refractivity (Wildman–Crippen MR) is 81.8 cm³/mol. The molecule has 0 unspecified atom stereocenters. The van der Waals surface area contributed by atoms with Gasteiger partial charge in [-0.2, -0.15) is 5.10 Å². The first-order valence-corrected chi connectivity index (χ1v) is 6.89. The van der Waals surface area contributed by atoms with Crippen LogP contribution in [0.15, 0.2) is 58.1 Å². The zero-order valence-corrected chi connectivity index (χ0v) is 12.5. The van der Waals surface area contributed by atoms with Gasteiger partial charge in [0, 0.05) is 4.47 Å². The molecule has 0 aliphatic heterocycles. The van der Waals surface area contributed by atoms with Crippen LogP contribution in [-0.4, -0.2) is 18.7 Å². The van der Waals surface area contributed by atoms with Crippen molar-refractivity contribution >= 4 is 28.1 Å². The lowest BCUT2D eigenvalue weighted by atomic mass is 10.2. The molecule has 0 radical (unpaired) electrons. The van der Waals surface area contributed by atoms with E-state index in [9.17, 15) is 9.18 Å². The Hall–Kier alpha value is -2.21. The van der Waals surface area contributed by atoms with Gasteiger partial charge in [-0.05, 0) is 29.8 Å². The number of hydrazone groups is 1. The molecule has 1 amide bonds. The lowest BCUT2D eigenvalue weighted by Crippen LogP contribution is -2.24. The van der Waals surface area contributed by atoms with Crippen LogP contribution in [0.5, 0.6) is 5.75 Å². The van der Waals surface area contributed by atoms with E-state index in [1.165, 1.54) is 18.3 Å². The van der Waals surface area contributed by atoms with Gasteiger partial charge < -0.3 is 4.74 Å². The van der Waals surface area contributed by atoms with Gasteiger partial charge in [-0.1, -0.05) is 40.2 Å². The first kappa shape index (κ1) is 15.2. The third-order valence-corrected chi connectivity index (χ3v) is 3.00. The van der Waals surface area contributed by atoms with Crippen molar-refractivity contribution in [2.24, 2.45) is 5.10 Å². The zero-order chi connectivity index (χ0) is 15.1. The van der Waals surface area contributed by atoms with Gasteiger partial charge in [-0.15, -0.1) is 0 Å². The van der Waals surface area contributed by atoms with Crippen molar-refractivity contribution in [2.45, 2.75) is 0 Å². The van der Waals surface area contributed by atoms with Crippen molar-refractivity contribution in [3.63, 3.8) is 0 Å². The molecule has 0 saturated heterocycles. The van der Waals surface area contributed by atoms with E-state index in [4.69, 9.17) is 4.74 Å². The fourth-order valence-corrected chi connectivity index (χ4v) is 1.73. The maximum atomic E-state index is 13.3. The van der Waals surface area contributed by atoms with Crippen molar-refractivity contribution in [3.05, 3.63) is 64.4 Å². The number of ether oxygens (including phenoxy) is 1. The molecule has 0 aromatic heterocycles. The standard InChI is InChI=1S/C15H12BrFN2O2/c16-12-7-5-11(6-8-12)9-18-19-15(20)10-21-14-4-2-1-3-13(14)17/h1-9H,10H2,(H,19,20)/b18-9-. The quantitative estimate of drug-likeness (QED) is 0.665. The number of halogens is 2. The van der Waals surface area contributed by atoms with Gasteiger partial charge in [-0.25, -0.2) is 9.82 Å². The first-order chi connectivity index (χ1) is 10.1. The third kappa shape index (κ3) is 5.00. The lowest BCUT2D eigenvalue weighted by Gasteiger charge is -2.05. The topological polar surface area (TPSA) is 50.7 Å². The van der Waals surface area contributed by atoms with E-state index in [0.717, 1.165) is 10.0 Å². The maximum absolute atomic E-state index is 13.3. The van der Waals surface area contributed by atoms with Crippen LogP contribution in [-0.2, 0) is 4.79 Å². The molecule has 2 aromatic carbocycles. The molecule has 0 fully saturated rings. The number of carbonyl (C=O) groups is 1. The molecule has 21 heavy (non-hydrogen) atoms. The molecular weight excluding hydrogens is 339 g/mol. The minimum absolute atomic E-state index is 0.0320. The van der Waals surface area contributed by atoms with E-state index in [0.29, 0.717) is 0 Å². The summed E-state index contributed by atoms with van der Waals surface area (Å²) in [5.74, 6) is -0.945. The third-order valence-electron chi connectivity index (χ3n) is 2.47. The SMILES string of the molecule is O=C(COc1ccccc1F)N/N=C\c1ccc(Br)cc1. The highest BCUT2D eigenvalue weighted by atomic mass is 79.9. The number of amides is 1. The van der Waals surface area contributed by atoms with E-state index >= 15 is 0 Å². The Morgan fingerprint density at radius 3 is 2.67 bits per heavy atom. The summed E-state index contributed by atoms with van der Waals surface area (Å²) in [6, 6.07) is 13.3. The van der Waals surface area contributed by atoms with Gasteiger partial charge in [0.25, 0.3) is 5.91 Å². The fraction of sp³-hybridized carbons (Fsp3) is 0.0667. The molecule has 0 spiro atoms. The number of nitrogens with one attached hydrogen (secondary N) is 1. The highest BCUT2D eigenvalue weighted by Gasteiger charge is 2.04. The highest BCUT2D eigenvalue weighted by molar-refractivity contribution is 9.10.